The summed E-state index contributed by atoms with van der Waals surface area (Å²) in [6.45, 7) is 3.25. The Bertz CT molecular complexity index is 232. The van der Waals surface area contributed by atoms with Crippen LogP contribution in [-0.4, -0.2) is 34.5 Å². The molecule has 0 aromatic heterocycles. The second-order valence-electron chi connectivity index (χ2n) is 3.34. The van der Waals surface area contributed by atoms with Crippen molar-refractivity contribution in [3.8, 4) is 0 Å². The number of carbonyl (C=O) groups is 1. The van der Waals surface area contributed by atoms with Crippen LogP contribution in [0, 0.1) is 0 Å². The van der Waals surface area contributed by atoms with Gasteiger partial charge in [-0.3, -0.25) is 0 Å². The average Bonchev–Trinajstić information content (AvgIpc) is 2.30. The van der Waals surface area contributed by atoms with E-state index in [0.29, 0.717) is 12.0 Å². The summed E-state index contributed by atoms with van der Waals surface area (Å²) >= 11 is 0. The van der Waals surface area contributed by atoms with Crippen molar-refractivity contribution in [2.24, 2.45) is 0 Å². The quantitative estimate of drug-likeness (QED) is 0.470. The molecule has 0 amide bonds. The van der Waals surface area contributed by atoms with Gasteiger partial charge in [-0.15, -0.1) is 0 Å². The molecule has 0 aliphatic carbocycles. The molecule has 1 aliphatic heterocycles. The lowest BCUT2D eigenvalue weighted by Gasteiger charge is -2.08. The van der Waals surface area contributed by atoms with Crippen LogP contribution in [0.3, 0.4) is 0 Å². The summed E-state index contributed by atoms with van der Waals surface area (Å²) < 4.78 is 4.85. The maximum Gasteiger partial charge on any atom is 0.334 e. The summed E-state index contributed by atoms with van der Waals surface area (Å²) in [4.78, 5) is 11.1. The van der Waals surface area contributed by atoms with Crippen LogP contribution in [0.5, 0.6) is 0 Å². The van der Waals surface area contributed by atoms with E-state index in [2.05, 4.69) is 0 Å². The van der Waals surface area contributed by atoms with E-state index in [1.165, 1.54) is 13.0 Å². The molecule has 0 saturated carbocycles. The van der Waals surface area contributed by atoms with Crippen LogP contribution in [0.1, 0.15) is 20.3 Å². The molecule has 0 aromatic rings. The maximum atomic E-state index is 11.1. The molecule has 2 N–H and O–H groups in total. The van der Waals surface area contributed by atoms with Gasteiger partial charge in [0, 0.05) is 12.0 Å². The Labute approximate surface area is 76.8 Å². The van der Waals surface area contributed by atoms with Crippen LogP contribution < -0.4 is 0 Å². The van der Waals surface area contributed by atoms with Gasteiger partial charge in [-0.1, -0.05) is 0 Å². The van der Waals surface area contributed by atoms with Gasteiger partial charge in [-0.2, -0.15) is 0 Å². The summed E-state index contributed by atoms with van der Waals surface area (Å²) in [6.07, 6.45) is -0.122. The molecule has 74 valence electrons. The zero-order valence-electron chi connectivity index (χ0n) is 7.73. The van der Waals surface area contributed by atoms with E-state index in [4.69, 9.17) is 9.84 Å². The second kappa shape index (κ2) is 3.89. The number of rotatable bonds is 2. The fourth-order valence-electron chi connectivity index (χ4n) is 1.17. The van der Waals surface area contributed by atoms with Crippen LogP contribution >= 0.6 is 0 Å². The molecule has 1 rings (SSSR count). The lowest BCUT2D eigenvalue weighted by molar-refractivity contribution is -0.138. The number of ether oxygens (including phenoxy) is 1. The van der Waals surface area contributed by atoms with Crippen molar-refractivity contribution in [3.63, 3.8) is 0 Å². The Morgan fingerprint density at radius 1 is 1.62 bits per heavy atom. The fraction of sp³-hybridized carbons (Fsp3) is 0.667. The van der Waals surface area contributed by atoms with E-state index >= 15 is 0 Å². The summed E-state index contributed by atoms with van der Waals surface area (Å²) in [5.74, 6) is -0.396. The molecular formula is C9H14O4. The minimum atomic E-state index is -0.993. The van der Waals surface area contributed by atoms with Crippen molar-refractivity contribution < 1.29 is 19.7 Å². The minimum Gasteiger partial charge on any atom is -0.459 e. The van der Waals surface area contributed by atoms with E-state index in [1.807, 2.05) is 0 Å². The van der Waals surface area contributed by atoms with Crippen LogP contribution in [0.15, 0.2) is 11.6 Å². The van der Waals surface area contributed by atoms with E-state index in [-0.39, 0.29) is 6.10 Å². The molecule has 4 heteroatoms. The number of hydrogen-bond acceptors (Lipinski definition) is 4. The number of esters is 1. The Morgan fingerprint density at radius 3 is 2.62 bits per heavy atom. The summed E-state index contributed by atoms with van der Waals surface area (Å²) in [5.41, 5.74) is 0.445. The molecule has 1 saturated heterocycles. The average molecular weight is 186 g/mol. The summed E-state index contributed by atoms with van der Waals surface area (Å²) in [6, 6.07) is 0. The molecule has 13 heavy (non-hydrogen) atoms. The largest absolute Gasteiger partial charge is 0.459 e. The molecule has 0 unspecified atom stereocenters. The first-order valence-corrected chi connectivity index (χ1v) is 4.28. The van der Waals surface area contributed by atoms with Gasteiger partial charge in [0.05, 0.1) is 12.2 Å². The lowest BCUT2D eigenvalue weighted by Crippen LogP contribution is -2.20. The summed E-state index contributed by atoms with van der Waals surface area (Å²) in [5, 5.41) is 18.2. The van der Waals surface area contributed by atoms with Crippen LogP contribution in [0.25, 0.3) is 0 Å². The monoisotopic (exact) mass is 186 g/mol. The van der Waals surface area contributed by atoms with E-state index in [0.717, 1.165) is 0 Å². The number of aliphatic hydroxyl groups is 2. The van der Waals surface area contributed by atoms with Gasteiger partial charge in [-0.05, 0) is 19.9 Å². The van der Waals surface area contributed by atoms with Gasteiger partial charge in [0.1, 0.15) is 6.10 Å². The molecule has 0 radical (unpaired) electrons. The Balaban J connectivity index is 2.66. The lowest BCUT2D eigenvalue weighted by atomic mass is 10.1. The Hall–Kier alpha value is -0.870. The molecule has 0 bridgehead atoms. The molecule has 1 heterocycles. The van der Waals surface area contributed by atoms with Gasteiger partial charge in [0.25, 0.3) is 0 Å². The maximum absolute atomic E-state index is 11.1. The van der Waals surface area contributed by atoms with Gasteiger partial charge < -0.3 is 14.9 Å². The molecule has 1 fully saturated rings. The standard InChI is InChI=1S/C9H14O4/c1-5-3-7(9(12)13-5)4-8(11)6(2)10/h4-6,8,10-11H,3H2,1-2H3/b7-4-/t5-,6-,8-/m0/s1. The number of aliphatic hydroxyl groups excluding tert-OH is 2. The molecule has 3 atom stereocenters. The van der Waals surface area contributed by atoms with Crippen LogP contribution in [-0.2, 0) is 9.53 Å². The van der Waals surface area contributed by atoms with Gasteiger partial charge >= 0.3 is 5.97 Å². The highest BCUT2D eigenvalue weighted by atomic mass is 16.5. The Morgan fingerprint density at radius 2 is 2.23 bits per heavy atom. The van der Waals surface area contributed by atoms with Crippen LogP contribution in [0.4, 0.5) is 0 Å². The first kappa shape index (κ1) is 10.2. The van der Waals surface area contributed by atoms with Gasteiger partial charge in [0.15, 0.2) is 0 Å². The number of hydrogen-bond donors (Lipinski definition) is 2. The minimum absolute atomic E-state index is 0.125. The second-order valence-corrected chi connectivity index (χ2v) is 3.34. The van der Waals surface area contributed by atoms with E-state index < -0.39 is 18.2 Å². The van der Waals surface area contributed by atoms with Crippen molar-refractivity contribution in [2.75, 3.05) is 0 Å². The third-order valence-corrected chi connectivity index (χ3v) is 1.94. The first-order valence-electron chi connectivity index (χ1n) is 4.28. The van der Waals surface area contributed by atoms with Crippen molar-refractivity contribution in [3.05, 3.63) is 11.6 Å². The predicted molar refractivity (Wildman–Crippen MR) is 45.9 cm³/mol. The highest BCUT2D eigenvalue weighted by Crippen LogP contribution is 2.20. The van der Waals surface area contributed by atoms with Gasteiger partial charge in [0.2, 0.25) is 0 Å². The Kier molecular flexibility index (Phi) is 3.06. The topological polar surface area (TPSA) is 66.8 Å². The van der Waals surface area contributed by atoms with E-state index in [1.54, 1.807) is 6.92 Å². The molecule has 4 nitrogen and oxygen atoms in total. The van der Waals surface area contributed by atoms with Crippen molar-refractivity contribution in [1.29, 1.82) is 0 Å². The highest BCUT2D eigenvalue weighted by molar-refractivity contribution is 5.90. The number of cyclic esters (lactones) is 1. The molecular weight excluding hydrogens is 172 g/mol. The van der Waals surface area contributed by atoms with Crippen molar-refractivity contribution in [2.45, 2.75) is 38.6 Å². The van der Waals surface area contributed by atoms with Crippen LogP contribution in [0.2, 0.25) is 0 Å². The zero-order chi connectivity index (χ0) is 10.0. The third-order valence-electron chi connectivity index (χ3n) is 1.94. The normalized spacial score (nSPS) is 30.3. The number of carbonyl (C=O) groups excluding carboxylic acids is 1. The first-order chi connectivity index (χ1) is 6.00. The molecule has 0 aromatic carbocycles. The third kappa shape index (κ3) is 2.54. The van der Waals surface area contributed by atoms with E-state index in [9.17, 15) is 9.90 Å². The highest BCUT2D eigenvalue weighted by Gasteiger charge is 2.26. The molecule has 0 spiro atoms. The smallest absolute Gasteiger partial charge is 0.334 e. The summed E-state index contributed by atoms with van der Waals surface area (Å²) in [7, 11) is 0. The van der Waals surface area contributed by atoms with Crippen molar-refractivity contribution in [1.82, 2.24) is 0 Å². The zero-order valence-corrected chi connectivity index (χ0v) is 7.73. The van der Waals surface area contributed by atoms with Gasteiger partial charge in [-0.25, -0.2) is 4.79 Å². The molecule has 1 aliphatic rings. The van der Waals surface area contributed by atoms with Crippen molar-refractivity contribution >= 4 is 5.97 Å². The SMILES string of the molecule is C[C@H](O)[C@@H](O)/C=C1/C[C@H](C)OC1=O. The fourth-order valence-corrected chi connectivity index (χ4v) is 1.17. The predicted octanol–water partition coefficient (Wildman–Crippen LogP) is -0.0101.